The number of amides is 1. The molecule has 0 saturated carbocycles. The third-order valence-electron chi connectivity index (χ3n) is 3.42. The monoisotopic (exact) mass is 277 g/mol. The summed E-state index contributed by atoms with van der Waals surface area (Å²) in [5, 5.41) is 0. The average molecular weight is 277 g/mol. The minimum Gasteiger partial charge on any atom is -0.444 e. The normalized spacial score (nSPS) is 17.1. The molecule has 1 aliphatic rings. The van der Waals surface area contributed by atoms with Crippen molar-refractivity contribution in [2.75, 3.05) is 18.8 Å². The van der Waals surface area contributed by atoms with Gasteiger partial charge in [0, 0.05) is 19.3 Å². The van der Waals surface area contributed by atoms with E-state index in [-0.39, 0.29) is 6.09 Å². The van der Waals surface area contributed by atoms with E-state index in [4.69, 9.17) is 10.5 Å². The molecule has 0 aliphatic carbocycles. The second-order valence-electron chi connectivity index (χ2n) is 6.26. The first-order chi connectivity index (χ1) is 9.35. The Balaban J connectivity index is 1.91. The van der Waals surface area contributed by atoms with Crippen LogP contribution in [-0.4, -0.2) is 34.7 Å². The van der Waals surface area contributed by atoms with Gasteiger partial charge in [-0.2, -0.15) is 0 Å². The van der Waals surface area contributed by atoms with Gasteiger partial charge in [-0.15, -0.1) is 0 Å². The molecule has 5 nitrogen and oxygen atoms in total. The Morgan fingerprint density at radius 3 is 2.60 bits per heavy atom. The van der Waals surface area contributed by atoms with Crippen LogP contribution in [0.5, 0.6) is 0 Å². The Bertz CT molecular complexity index is 474. The number of ether oxygens (including phenoxy) is 1. The van der Waals surface area contributed by atoms with E-state index in [1.165, 1.54) is 5.56 Å². The molecule has 2 heterocycles. The van der Waals surface area contributed by atoms with Crippen molar-refractivity contribution in [2.45, 2.75) is 45.1 Å². The lowest BCUT2D eigenvalue weighted by molar-refractivity contribution is 0.0205. The van der Waals surface area contributed by atoms with E-state index in [2.05, 4.69) is 4.98 Å². The SMILES string of the molecule is CC(C)(C)OC(=O)N1CCC(c2ccnc(N)c2)CC1. The van der Waals surface area contributed by atoms with E-state index in [9.17, 15) is 4.79 Å². The van der Waals surface area contributed by atoms with Crippen LogP contribution in [0.4, 0.5) is 10.6 Å². The lowest BCUT2D eigenvalue weighted by Crippen LogP contribution is -2.41. The number of carbonyl (C=O) groups is 1. The van der Waals surface area contributed by atoms with Crippen molar-refractivity contribution >= 4 is 11.9 Å². The molecule has 1 aromatic rings. The van der Waals surface area contributed by atoms with Gasteiger partial charge in [0.25, 0.3) is 0 Å². The molecule has 2 N–H and O–H groups in total. The predicted octanol–water partition coefficient (Wildman–Crippen LogP) is 2.78. The highest BCUT2D eigenvalue weighted by atomic mass is 16.6. The van der Waals surface area contributed by atoms with Crippen molar-refractivity contribution in [2.24, 2.45) is 0 Å². The van der Waals surface area contributed by atoms with Crippen LogP contribution >= 0.6 is 0 Å². The van der Waals surface area contributed by atoms with Crippen LogP contribution in [-0.2, 0) is 4.74 Å². The number of nitrogens with zero attached hydrogens (tertiary/aromatic N) is 2. The zero-order chi connectivity index (χ0) is 14.8. The smallest absolute Gasteiger partial charge is 0.410 e. The maximum absolute atomic E-state index is 12.0. The molecule has 110 valence electrons. The van der Waals surface area contributed by atoms with Crippen molar-refractivity contribution in [1.29, 1.82) is 0 Å². The van der Waals surface area contributed by atoms with Crippen LogP contribution in [0.3, 0.4) is 0 Å². The van der Waals surface area contributed by atoms with Crippen LogP contribution in [0, 0.1) is 0 Å². The Morgan fingerprint density at radius 2 is 2.05 bits per heavy atom. The summed E-state index contributed by atoms with van der Waals surface area (Å²) >= 11 is 0. The van der Waals surface area contributed by atoms with Crippen LogP contribution in [0.15, 0.2) is 18.3 Å². The highest BCUT2D eigenvalue weighted by molar-refractivity contribution is 5.68. The van der Waals surface area contributed by atoms with Crippen LogP contribution < -0.4 is 5.73 Å². The maximum Gasteiger partial charge on any atom is 0.410 e. The van der Waals surface area contributed by atoms with Crippen LogP contribution in [0.1, 0.15) is 45.1 Å². The molecule has 0 atom stereocenters. The third-order valence-corrected chi connectivity index (χ3v) is 3.42. The van der Waals surface area contributed by atoms with Crippen molar-refractivity contribution in [1.82, 2.24) is 9.88 Å². The summed E-state index contributed by atoms with van der Waals surface area (Å²) in [7, 11) is 0. The molecule has 20 heavy (non-hydrogen) atoms. The Morgan fingerprint density at radius 1 is 1.40 bits per heavy atom. The molecule has 0 bridgehead atoms. The van der Waals surface area contributed by atoms with Gasteiger partial charge >= 0.3 is 6.09 Å². The molecule has 1 amide bonds. The lowest BCUT2D eigenvalue weighted by Gasteiger charge is -2.33. The number of pyridine rings is 1. The molecule has 0 spiro atoms. The number of rotatable bonds is 1. The summed E-state index contributed by atoms with van der Waals surface area (Å²) in [4.78, 5) is 17.8. The minimum absolute atomic E-state index is 0.217. The average Bonchev–Trinajstić information content (AvgIpc) is 2.37. The number of nitrogen functional groups attached to an aromatic ring is 1. The second-order valence-corrected chi connectivity index (χ2v) is 6.26. The summed E-state index contributed by atoms with van der Waals surface area (Å²) in [6.07, 6.45) is 3.39. The zero-order valence-electron chi connectivity index (χ0n) is 12.4. The predicted molar refractivity (Wildman–Crippen MR) is 78.4 cm³/mol. The standard InChI is InChI=1S/C15H23N3O2/c1-15(2,3)20-14(19)18-8-5-11(6-9-18)12-4-7-17-13(16)10-12/h4,7,10-11H,5-6,8-9H2,1-3H3,(H2,16,17). The number of piperidine rings is 1. The summed E-state index contributed by atoms with van der Waals surface area (Å²) in [6, 6.07) is 3.93. The molecule has 0 radical (unpaired) electrons. The number of carbonyl (C=O) groups excluding carboxylic acids is 1. The number of hydrogen-bond donors (Lipinski definition) is 1. The van der Waals surface area contributed by atoms with Gasteiger partial charge in [-0.1, -0.05) is 0 Å². The first-order valence-corrected chi connectivity index (χ1v) is 7.04. The highest BCUT2D eigenvalue weighted by Crippen LogP contribution is 2.29. The van der Waals surface area contributed by atoms with Gasteiger partial charge in [0.05, 0.1) is 0 Å². The number of anilines is 1. The van der Waals surface area contributed by atoms with E-state index in [1.807, 2.05) is 32.9 Å². The highest BCUT2D eigenvalue weighted by Gasteiger charge is 2.27. The number of nitrogens with two attached hydrogens (primary N) is 1. The molecule has 5 heteroatoms. The third kappa shape index (κ3) is 3.85. The van der Waals surface area contributed by atoms with Crippen LogP contribution in [0.25, 0.3) is 0 Å². The Hall–Kier alpha value is -1.78. The van der Waals surface area contributed by atoms with Crippen molar-refractivity contribution in [3.63, 3.8) is 0 Å². The fourth-order valence-electron chi connectivity index (χ4n) is 2.44. The molecule has 0 unspecified atom stereocenters. The fraction of sp³-hybridized carbons (Fsp3) is 0.600. The van der Waals surface area contributed by atoms with E-state index in [1.54, 1.807) is 11.1 Å². The lowest BCUT2D eigenvalue weighted by atomic mass is 9.90. The number of likely N-dealkylation sites (tertiary alicyclic amines) is 1. The molecule has 1 fully saturated rings. The van der Waals surface area contributed by atoms with Gasteiger partial charge in [-0.25, -0.2) is 9.78 Å². The van der Waals surface area contributed by atoms with Gasteiger partial charge in [-0.05, 0) is 57.2 Å². The molecule has 0 aromatic carbocycles. The van der Waals surface area contributed by atoms with Crippen LogP contribution in [0.2, 0.25) is 0 Å². The van der Waals surface area contributed by atoms with Gasteiger partial charge in [0.15, 0.2) is 0 Å². The first kappa shape index (κ1) is 14.6. The summed E-state index contributed by atoms with van der Waals surface area (Å²) in [5.41, 5.74) is 6.49. The largest absolute Gasteiger partial charge is 0.444 e. The van der Waals surface area contributed by atoms with Crippen molar-refractivity contribution in [3.8, 4) is 0 Å². The van der Waals surface area contributed by atoms with Crippen molar-refractivity contribution < 1.29 is 9.53 Å². The minimum atomic E-state index is -0.437. The summed E-state index contributed by atoms with van der Waals surface area (Å²) < 4.78 is 5.39. The van der Waals surface area contributed by atoms with Gasteiger partial charge in [0.2, 0.25) is 0 Å². The van der Waals surface area contributed by atoms with E-state index < -0.39 is 5.60 Å². The van der Waals surface area contributed by atoms with E-state index >= 15 is 0 Å². The quantitative estimate of drug-likeness (QED) is 0.857. The van der Waals surface area contributed by atoms with E-state index in [0.717, 1.165) is 25.9 Å². The maximum atomic E-state index is 12.0. The first-order valence-electron chi connectivity index (χ1n) is 7.04. The molecule has 2 rings (SSSR count). The zero-order valence-corrected chi connectivity index (χ0v) is 12.4. The Kier molecular flexibility index (Phi) is 4.16. The van der Waals surface area contributed by atoms with Crippen molar-refractivity contribution in [3.05, 3.63) is 23.9 Å². The topological polar surface area (TPSA) is 68.5 Å². The van der Waals surface area contributed by atoms with Gasteiger partial charge in [0.1, 0.15) is 11.4 Å². The van der Waals surface area contributed by atoms with Gasteiger partial charge in [-0.3, -0.25) is 0 Å². The number of hydrogen-bond acceptors (Lipinski definition) is 4. The molecular formula is C15H23N3O2. The second kappa shape index (κ2) is 5.69. The molecular weight excluding hydrogens is 254 g/mol. The molecule has 1 saturated heterocycles. The summed E-state index contributed by atoms with van der Waals surface area (Å²) in [6.45, 7) is 7.11. The summed E-state index contributed by atoms with van der Waals surface area (Å²) in [5.74, 6) is 0.996. The molecule has 1 aromatic heterocycles. The number of aromatic nitrogens is 1. The molecule has 1 aliphatic heterocycles. The fourth-order valence-corrected chi connectivity index (χ4v) is 2.44. The van der Waals surface area contributed by atoms with Gasteiger partial charge < -0.3 is 15.4 Å². The van der Waals surface area contributed by atoms with E-state index in [0.29, 0.717) is 11.7 Å². The Labute approximate surface area is 120 Å².